The van der Waals surface area contributed by atoms with Crippen molar-refractivity contribution < 1.29 is 9.59 Å². The lowest BCUT2D eigenvalue weighted by Crippen LogP contribution is -2.33. The molecule has 8 heteroatoms. The Morgan fingerprint density at radius 1 is 1.18 bits per heavy atom. The predicted molar refractivity (Wildman–Crippen MR) is 115 cm³/mol. The van der Waals surface area contributed by atoms with Crippen molar-refractivity contribution in [2.75, 3.05) is 24.2 Å². The van der Waals surface area contributed by atoms with Crippen LogP contribution in [-0.2, 0) is 4.79 Å². The molecule has 0 saturated carbocycles. The van der Waals surface area contributed by atoms with E-state index in [1.165, 1.54) is 16.8 Å². The van der Waals surface area contributed by atoms with Gasteiger partial charge in [0.15, 0.2) is 0 Å². The molecule has 1 aliphatic heterocycles. The van der Waals surface area contributed by atoms with Crippen LogP contribution in [-0.4, -0.2) is 44.9 Å². The molecular formula is C20H20N4O2S2. The minimum Gasteiger partial charge on any atom is -0.368 e. The zero-order valence-electron chi connectivity index (χ0n) is 15.6. The van der Waals surface area contributed by atoms with E-state index in [1.54, 1.807) is 11.3 Å². The van der Waals surface area contributed by atoms with Gasteiger partial charge in [-0.2, -0.15) is 0 Å². The minimum atomic E-state index is -0.180. The van der Waals surface area contributed by atoms with Crippen LogP contribution in [0.5, 0.6) is 0 Å². The van der Waals surface area contributed by atoms with Crippen LogP contribution >= 0.6 is 23.1 Å². The monoisotopic (exact) mass is 412 g/mol. The lowest BCUT2D eigenvalue weighted by molar-refractivity contribution is -0.124. The fraction of sp³-hybridized carbons (Fsp3) is 0.300. The largest absolute Gasteiger partial charge is 0.368 e. The van der Waals surface area contributed by atoms with Gasteiger partial charge in [-0.1, -0.05) is 49.9 Å². The molecule has 2 amide bonds. The number of carbonyl (C=O) groups excluding carboxylic acids is 2. The number of thioether (sulfide) groups is 1. The Labute approximate surface area is 171 Å². The first-order valence-corrected chi connectivity index (χ1v) is 10.9. The van der Waals surface area contributed by atoms with Gasteiger partial charge in [0.2, 0.25) is 5.91 Å². The first kappa shape index (κ1) is 18.9. The number of thiophene rings is 1. The second-order valence-corrected chi connectivity index (χ2v) is 8.64. The molecule has 1 saturated heterocycles. The Morgan fingerprint density at radius 3 is 2.64 bits per heavy atom. The second kappa shape index (κ2) is 7.89. The second-order valence-electron chi connectivity index (χ2n) is 6.86. The molecule has 1 N–H and O–H groups in total. The van der Waals surface area contributed by atoms with Crippen LogP contribution in [0.15, 0.2) is 36.0 Å². The summed E-state index contributed by atoms with van der Waals surface area (Å²) in [4.78, 5) is 34.5. The molecular weight excluding hydrogens is 392 g/mol. The first-order valence-electron chi connectivity index (χ1n) is 9.08. The molecule has 2 aromatic heterocycles. The first-order chi connectivity index (χ1) is 13.5. The molecule has 144 valence electrons. The molecule has 1 fully saturated rings. The van der Waals surface area contributed by atoms with Gasteiger partial charge < -0.3 is 5.32 Å². The summed E-state index contributed by atoms with van der Waals surface area (Å²) in [5.74, 6) is 1.31. The van der Waals surface area contributed by atoms with E-state index in [0.29, 0.717) is 19.0 Å². The van der Waals surface area contributed by atoms with Gasteiger partial charge in [0.1, 0.15) is 17.0 Å². The lowest BCUT2D eigenvalue weighted by Gasteiger charge is -2.14. The highest BCUT2D eigenvalue weighted by atomic mass is 32.2. The predicted octanol–water partition coefficient (Wildman–Crippen LogP) is 4.59. The van der Waals surface area contributed by atoms with E-state index in [1.807, 2.05) is 0 Å². The van der Waals surface area contributed by atoms with Gasteiger partial charge in [-0.25, -0.2) is 9.97 Å². The average Bonchev–Trinajstić information content (AvgIpc) is 3.27. The van der Waals surface area contributed by atoms with E-state index in [9.17, 15) is 9.59 Å². The van der Waals surface area contributed by atoms with E-state index >= 15 is 0 Å². The number of nitrogens with zero attached hydrogens (tertiary/aromatic N) is 3. The van der Waals surface area contributed by atoms with E-state index < -0.39 is 0 Å². The van der Waals surface area contributed by atoms with Crippen molar-refractivity contribution in [2.24, 2.45) is 0 Å². The highest BCUT2D eigenvalue weighted by Gasteiger charge is 2.29. The molecule has 0 spiro atoms. The number of carbonyl (C=O) groups is 2. The van der Waals surface area contributed by atoms with Gasteiger partial charge in [0.05, 0.1) is 11.1 Å². The Morgan fingerprint density at radius 2 is 1.96 bits per heavy atom. The SMILES string of the molecule is CC(C)c1ccc(-c2csc3ncnc(NCCN4C(=O)CSC4=O)c23)cc1. The standard InChI is InChI=1S/C20H20N4O2S2/c1-12(2)13-3-5-14(6-4-13)15-9-27-19-17(15)18(22-11-23-19)21-7-8-24-16(25)10-28-20(24)26/h3-6,9,11-12H,7-8,10H2,1-2H3,(H,21,22,23). The fourth-order valence-electron chi connectivity index (χ4n) is 3.15. The number of amides is 2. The number of hydrogen-bond acceptors (Lipinski definition) is 7. The number of hydrogen-bond donors (Lipinski definition) is 1. The van der Waals surface area contributed by atoms with Crippen molar-refractivity contribution >= 4 is 50.3 Å². The quantitative estimate of drug-likeness (QED) is 0.638. The molecule has 0 aliphatic carbocycles. The molecule has 6 nitrogen and oxygen atoms in total. The summed E-state index contributed by atoms with van der Waals surface area (Å²) in [6, 6.07) is 8.57. The van der Waals surface area contributed by atoms with Crippen LogP contribution < -0.4 is 5.32 Å². The number of imide groups is 1. The summed E-state index contributed by atoms with van der Waals surface area (Å²) >= 11 is 2.63. The number of rotatable bonds is 6. The number of aromatic nitrogens is 2. The molecule has 1 aromatic carbocycles. The van der Waals surface area contributed by atoms with Crippen LogP contribution in [0.3, 0.4) is 0 Å². The van der Waals surface area contributed by atoms with E-state index in [-0.39, 0.29) is 16.9 Å². The van der Waals surface area contributed by atoms with Gasteiger partial charge in [0, 0.05) is 24.0 Å². The lowest BCUT2D eigenvalue weighted by atomic mass is 9.99. The summed E-state index contributed by atoms with van der Waals surface area (Å²) in [7, 11) is 0. The molecule has 4 rings (SSSR count). The number of anilines is 1. The third-order valence-electron chi connectivity index (χ3n) is 4.73. The van der Waals surface area contributed by atoms with Crippen molar-refractivity contribution in [2.45, 2.75) is 19.8 Å². The molecule has 3 aromatic rings. The Kier molecular flexibility index (Phi) is 5.32. The minimum absolute atomic E-state index is 0.133. The van der Waals surface area contributed by atoms with E-state index in [4.69, 9.17) is 0 Å². The fourth-order valence-corrected chi connectivity index (χ4v) is 4.82. The maximum absolute atomic E-state index is 11.7. The van der Waals surface area contributed by atoms with Crippen molar-refractivity contribution in [1.29, 1.82) is 0 Å². The van der Waals surface area contributed by atoms with Crippen LogP contribution in [0, 0.1) is 0 Å². The van der Waals surface area contributed by atoms with Gasteiger partial charge in [-0.05, 0) is 17.0 Å². The maximum atomic E-state index is 11.7. The topological polar surface area (TPSA) is 75.2 Å². The average molecular weight is 413 g/mol. The van der Waals surface area contributed by atoms with Crippen molar-refractivity contribution in [3.63, 3.8) is 0 Å². The zero-order valence-corrected chi connectivity index (χ0v) is 17.3. The number of fused-ring (bicyclic) bond motifs is 1. The Bertz CT molecular complexity index is 1010. The van der Waals surface area contributed by atoms with Crippen LogP contribution in [0.25, 0.3) is 21.3 Å². The van der Waals surface area contributed by atoms with Gasteiger partial charge in [0.25, 0.3) is 5.24 Å². The van der Waals surface area contributed by atoms with Crippen LogP contribution in [0.4, 0.5) is 10.6 Å². The van der Waals surface area contributed by atoms with Crippen molar-refractivity contribution in [3.05, 3.63) is 41.5 Å². The molecule has 0 unspecified atom stereocenters. The molecule has 0 radical (unpaired) electrons. The van der Waals surface area contributed by atoms with Crippen LogP contribution in [0.1, 0.15) is 25.3 Å². The number of nitrogens with one attached hydrogen (secondary N) is 1. The Balaban J connectivity index is 1.58. The third-order valence-corrected chi connectivity index (χ3v) is 6.47. The molecule has 28 heavy (non-hydrogen) atoms. The zero-order chi connectivity index (χ0) is 19.7. The van der Waals surface area contributed by atoms with Crippen LogP contribution in [0.2, 0.25) is 0 Å². The summed E-state index contributed by atoms with van der Waals surface area (Å²) in [5.41, 5.74) is 3.51. The van der Waals surface area contributed by atoms with Gasteiger partial charge >= 0.3 is 0 Å². The van der Waals surface area contributed by atoms with E-state index in [2.05, 4.69) is 58.8 Å². The molecule has 0 bridgehead atoms. The summed E-state index contributed by atoms with van der Waals surface area (Å²) < 4.78 is 0. The number of benzene rings is 1. The summed E-state index contributed by atoms with van der Waals surface area (Å²) in [6.45, 7) is 5.14. The highest BCUT2D eigenvalue weighted by molar-refractivity contribution is 8.14. The summed E-state index contributed by atoms with van der Waals surface area (Å²) in [5, 5.41) is 6.17. The normalized spacial score (nSPS) is 14.5. The van der Waals surface area contributed by atoms with Gasteiger partial charge in [-0.15, -0.1) is 11.3 Å². The molecule has 1 aliphatic rings. The highest BCUT2D eigenvalue weighted by Crippen LogP contribution is 2.36. The Hall–Kier alpha value is -2.45. The molecule has 0 atom stereocenters. The smallest absolute Gasteiger partial charge is 0.288 e. The molecule has 3 heterocycles. The summed E-state index contributed by atoms with van der Waals surface area (Å²) in [6.07, 6.45) is 1.54. The van der Waals surface area contributed by atoms with Crippen molar-refractivity contribution in [1.82, 2.24) is 14.9 Å². The third kappa shape index (κ3) is 3.62. The maximum Gasteiger partial charge on any atom is 0.288 e. The van der Waals surface area contributed by atoms with E-state index in [0.717, 1.165) is 38.9 Å². The van der Waals surface area contributed by atoms with Crippen molar-refractivity contribution in [3.8, 4) is 11.1 Å². The van der Waals surface area contributed by atoms with Gasteiger partial charge in [-0.3, -0.25) is 14.5 Å².